The minimum Gasteiger partial charge on any atom is -0.236 e. The van der Waals surface area contributed by atoms with Crippen LogP contribution in [0.25, 0.3) is 27.5 Å². The number of nitrogens with zero attached hydrogens (tertiary/aromatic N) is 4. The molecule has 5 heteroatoms. The molecule has 0 radical (unpaired) electrons. The highest BCUT2D eigenvalue weighted by Gasteiger charge is 2.07. The summed E-state index contributed by atoms with van der Waals surface area (Å²) in [5.41, 5.74) is 5.26. The fourth-order valence-electron chi connectivity index (χ4n) is 2.43. The fraction of sp³-hybridized carbons (Fsp3) is 0.0556. The first-order valence-electron chi connectivity index (χ1n) is 7.30. The normalized spacial score (nSPS) is 10.8. The molecule has 0 aliphatic rings. The molecule has 0 aliphatic carbocycles. The average molecular weight is 318 g/mol. The molecule has 0 unspecified atom stereocenters. The molecule has 0 aliphatic heterocycles. The fourth-order valence-corrected chi connectivity index (χ4v) is 3.27. The first-order valence-corrected chi connectivity index (χ1v) is 8.18. The molecular formula is C18H14N4S. The van der Waals surface area contributed by atoms with Crippen LogP contribution in [0.4, 0.5) is 0 Å². The summed E-state index contributed by atoms with van der Waals surface area (Å²) >= 11 is 1.66. The van der Waals surface area contributed by atoms with Gasteiger partial charge in [0, 0.05) is 16.5 Å². The van der Waals surface area contributed by atoms with Crippen LogP contribution in [0.5, 0.6) is 0 Å². The van der Waals surface area contributed by atoms with Crippen molar-refractivity contribution in [3.63, 3.8) is 0 Å². The van der Waals surface area contributed by atoms with Gasteiger partial charge in [-0.1, -0.05) is 47.7 Å². The highest BCUT2D eigenvalue weighted by molar-refractivity contribution is 7.13. The summed E-state index contributed by atoms with van der Waals surface area (Å²) in [7, 11) is 0. The van der Waals surface area contributed by atoms with E-state index in [1.807, 2.05) is 41.9 Å². The zero-order chi connectivity index (χ0) is 15.6. The van der Waals surface area contributed by atoms with Crippen LogP contribution in [-0.4, -0.2) is 20.0 Å². The van der Waals surface area contributed by atoms with Gasteiger partial charge in [-0.15, -0.1) is 16.4 Å². The Balaban J connectivity index is 1.64. The van der Waals surface area contributed by atoms with Crippen LogP contribution >= 0.6 is 11.3 Å². The number of aromatic nitrogens is 4. The van der Waals surface area contributed by atoms with E-state index in [4.69, 9.17) is 4.98 Å². The lowest BCUT2D eigenvalue weighted by atomic mass is 10.1. The number of rotatable bonds is 3. The Kier molecular flexibility index (Phi) is 3.48. The summed E-state index contributed by atoms with van der Waals surface area (Å²) < 4.78 is 1.82. The van der Waals surface area contributed by atoms with Crippen molar-refractivity contribution in [1.82, 2.24) is 20.0 Å². The summed E-state index contributed by atoms with van der Waals surface area (Å²) in [6, 6.07) is 18.5. The molecule has 112 valence electrons. The van der Waals surface area contributed by atoms with E-state index in [1.54, 1.807) is 17.5 Å². The molecule has 0 bridgehead atoms. The summed E-state index contributed by atoms with van der Waals surface area (Å²) in [5, 5.41) is 11.1. The van der Waals surface area contributed by atoms with Gasteiger partial charge in [0.15, 0.2) is 0 Å². The van der Waals surface area contributed by atoms with Crippen molar-refractivity contribution >= 4 is 11.3 Å². The van der Waals surface area contributed by atoms with Crippen molar-refractivity contribution in [2.24, 2.45) is 0 Å². The van der Waals surface area contributed by atoms with Crippen LogP contribution in [0.2, 0.25) is 0 Å². The molecule has 0 amide bonds. The van der Waals surface area contributed by atoms with Crippen LogP contribution < -0.4 is 0 Å². The second-order valence-corrected chi connectivity index (χ2v) is 6.10. The third-order valence-electron chi connectivity index (χ3n) is 3.65. The Hall–Kier alpha value is -2.79. The van der Waals surface area contributed by atoms with Crippen LogP contribution in [-0.2, 0) is 0 Å². The summed E-state index contributed by atoms with van der Waals surface area (Å²) in [4.78, 5) is 4.74. The smallest absolute Gasteiger partial charge is 0.124 e. The van der Waals surface area contributed by atoms with Crippen molar-refractivity contribution in [1.29, 1.82) is 0 Å². The van der Waals surface area contributed by atoms with Crippen molar-refractivity contribution in [3.05, 3.63) is 71.9 Å². The van der Waals surface area contributed by atoms with E-state index < -0.39 is 0 Å². The number of aryl methyl sites for hydroxylation is 1. The average Bonchev–Trinajstić information content (AvgIpc) is 3.25. The molecule has 0 atom stereocenters. The van der Waals surface area contributed by atoms with Gasteiger partial charge in [0.25, 0.3) is 0 Å². The predicted octanol–water partition coefficient (Wildman–Crippen LogP) is 4.37. The molecule has 0 N–H and O–H groups in total. The maximum absolute atomic E-state index is 4.74. The Morgan fingerprint density at radius 3 is 2.39 bits per heavy atom. The third-order valence-corrected chi connectivity index (χ3v) is 4.54. The van der Waals surface area contributed by atoms with Gasteiger partial charge < -0.3 is 0 Å². The summed E-state index contributed by atoms with van der Waals surface area (Å²) in [6.07, 6.45) is 1.75. The van der Waals surface area contributed by atoms with E-state index in [0.29, 0.717) is 0 Å². The first-order chi connectivity index (χ1) is 11.3. The van der Waals surface area contributed by atoms with Crippen LogP contribution in [0.15, 0.2) is 66.2 Å². The quantitative estimate of drug-likeness (QED) is 0.563. The van der Waals surface area contributed by atoms with Crippen LogP contribution in [0.3, 0.4) is 0 Å². The molecule has 2 aromatic carbocycles. The third kappa shape index (κ3) is 2.66. The van der Waals surface area contributed by atoms with E-state index in [9.17, 15) is 0 Å². The van der Waals surface area contributed by atoms with Crippen molar-refractivity contribution < 1.29 is 0 Å². The highest BCUT2D eigenvalue weighted by atomic mass is 32.1. The predicted molar refractivity (Wildman–Crippen MR) is 92.6 cm³/mol. The SMILES string of the molecule is Cc1cnnn1-c1ccc(-c2csc(-c3ccccc3)n2)cc1. The Bertz CT molecular complexity index is 923. The monoisotopic (exact) mass is 318 g/mol. The van der Waals surface area contributed by atoms with Gasteiger partial charge in [0.1, 0.15) is 5.01 Å². The summed E-state index contributed by atoms with van der Waals surface area (Å²) in [5.74, 6) is 0. The number of benzene rings is 2. The molecule has 0 saturated heterocycles. The Morgan fingerprint density at radius 2 is 1.70 bits per heavy atom. The number of hydrogen-bond acceptors (Lipinski definition) is 4. The highest BCUT2D eigenvalue weighted by Crippen LogP contribution is 2.29. The minimum atomic E-state index is 0.996. The van der Waals surface area contributed by atoms with E-state index in [2.05, 4.69) is 40.0 Å². The lowest BCUT2D eigenvalue weighted by molar-refractivity contribution is 0.785. The number of hydrogen-bond donors (Lipinski definition) is 0. The maximum Gasteiger partial charge on any atom is 0.124 e. The minimum absolute atomic E-state index is 0.996. The van der Waals surface area contributed by atoms with E-state index in [1.165, 1.54) is 0 Å². The van der Waals surface area contributed by atoms with Gasteiger partial charge in [0.2, 0.25) is 0 Å². The van der Waals surface area contributed by atoms with Crippen molar-refractivity contribution in [2.75, 3.05) is 0 Å². The standard InChI is InChI=1S/C18H14N4S/c1-13-11-19-21-22(13)16-9-7-14(8-10-16)17-12-23-18(20-17)15-5-3-2-4-6-15/h2-12H,1H3. The molecular weight excluding hydrogens is 304 g/mol. The van der Waals surface area contributed by atoms with Gasteiger partial charge in [-0.2, -0.15) is 0 Å². The van der Waals surface area contributed by atoms with Gasteiger partial charge in [0.05, 0.1) is 23.3 Å². The Labute approximate surface area is 138 Å². The topological polar surface area (TPSA) is 43.6 Å². The van der Waals surface area contributed by atoms with Gasteiger partial charge in [-0.05, 0) is 19.1 Å². The first kappa shape index (κ1) is 13.8. The van der Waals surface area contributed by atoms with Gasteiger partial charge in [-0.25, -0.2) is 9.67 Å². The molecule has 0 spiro atoms. The zero-order valence-corrected chi connectivity index (χ0v) is 13.4. The Morgan fingerprint density at radius 1 is 0.913 bits per heavy atom. The maximum atomic E-state index is 4.74. The van der Waals surface area contributed by atoms with E-state index >= 15 is 0 Å². The second-order valence-electron chi connectivity index (χ2n) is 5.24. The molecule has 2 aromatic heterocycles. The molecule has 23 heavy (non-hydrogen) atoms. The van der Waals surface area contributed by atoms with Crippen molar-refractivity contribution in [2.45, 2.75) is 6.92 Å². The molecule has 0 fully saturated rings. The number of thiazole rings is 1. The largest absolute Gasteiger partial charge is 0.236 e. The summed E-state index contributed by atoms with van der Waals surface area (Å²) in [6.45, 7) is 1.99. The second kappa shape index (κ2) is 5.78. The zero-order valence-electron chi connectivity index (χ0n) is 12.5. The van der Waals surface area contributed by atoms with Gasteiger partial charge >= 0.3 is 0 Å². The molecule has 4 rings (SSSR count). The molecule has 4 aromatic rings. The lowest BCUT2D eigenvalue weighted by Crippen LogP contribution is -1.98. The molecule has 4 nitrogen and oxygen atoms in total. The van der Waals surface area contributed by atoms with E-state index in [0.717, 1.165) is 33.2 Å². The molecule has 2 heterocycles. The van der Waals surface area contributed by atoms with Crippen molar-refractivity contribution in [3.8, 4) is 27.5 Å². The molecule has 0 saturated carbocycles. The van der Waals surface area contributed by atoms with Crippen LogP contribution in [0, 0.1) is 6.92 Å². The van der Waals surface area contributed by atoms with Gasteiger partial charge in [-0.3, -0.25) is 0 Å². The lowest BCUT2D eigenvalue weighted by Gasteiger charge is -2.03. The van der Waals surface area contributed by atoms with Crippen LogP contribution in [0.1, 0.15) is 5.69 Å². The van der Waals surface area contributed by atoms with E-state index in [-0.39, 0.29) is 0 Å².